The summed E-state index contributed by atoms with van der Waals surface area (Å²) in [6, 6.07) is 0. The van der Waals surface area contributed by atoms with Crippen LogP contribution in [0.1, 0.15) is 19.3 Å². The lowest BCUT2D eigenvalue weighted by molar-refractivity contribution is -0.198. The molecule has 1 amide bonds. The van der Waals surface area contributed by atoms with Gasteiger partial charge in [-0.25, -0.2) is 0 Å². The van der Waals surface area contributed by atoms with Crippen molar-refractivity contribution in [3.8, 4) is 0 Å². The van der Waals surface area contributed by atoms with Crippen molar-refractivity contribution in [2.24, 2.45) is 17.3 Å². The molecule has 0 N–H and O–H groups in total. The van der Waals surface area contributed by atoms with Crippen LogP contribution >= 0.6 is 0 Å². The van der Waals surface area contributed by atoms with Crippen LogP contribution in [-0.4, -0.2) is 35.9 Å². The van der Waals surface area contributed by atoms with Crippen LogP contribution in [-0.2, 0) is 9.59 Å². The first kappa shape index (κ1) is 11.0. The van der Waals surface area contributed by atoms with Crippen molar-refractivity contribution in [2.45, 2.75) is 25.4 Å². The molecule has 2 saturated carbocycles. The zero-order valence-corrected chi connectivity index (χ0v) is 9.09. The molecule has 0 aromatic heterocycles. The number of fused-ring (bicyclic) bond motifs is 2. The summed E-state index contributed by atoms with van der Waals surface area (Å²) in [5, 5.41) is 0. The topological polar surface area (TPSA) is 37.4 Å². The van der Waals surface area contributed by atoms with Gasteiger partial charge < -0.3 is 4.90 Å². The normalized spacial score (nSPS) is 34.3. The van der Waals surface area contributed by atoms with Crippen LogP contribution in [0.4, 0.5) is 13.2 Å². The Hall–Kier alpha value is -1.07. The summed E-state index contributed by atoms with van der Waals surface area (Å²) in [6.45, 7) is -0.0450. The Kier molecular flexibility index (Phi) is 1.97. The highest BCUT2D eigenvalue weighted by Gasteiger charge is 2.66. The van der Waals surface area contributed by atoms with E-state index in [9.17, 15) is 22.8 Å². The summed E-state index contributed by atoms with van der Waals surface area (Å²) < 4.78 is 36.6. The lowest BCUT2D eigenvalue weighted by Gasteiger charge is -2.51. The van der Waals surface area contributed by atoms with E-state index < -0.39 is 17.5 Å². The molecule has 2 atom stereocenters. The number of Topliss-reactive ketones (excluding diaryl/α,β-unsaturated/α-hetero) is 1. The first-order valence-corrected chi connectivity index (χ1v) is 5.74. The monoisotopic (exact) mass is 247 g/mol. The van der Waals surface area contributed by atoms with Gasteiger partial charge in [0.25, 0.3) is 0 Å². The molecule has 1 spiro atoms. The first-order chi connectivity index (χ1) is 7.84. The van der Waals surface area contributed by atoms with Gasteiger partial charge in [-0.1, -0.05) is 0 Å². The fraction of sp³-hybridized carbons (Fsp3) is 0.818. The minimum absolute atomic E-state index is 0.0225. The highest BCUT2D eigenvalue weighted by atomic mass is 19.4. The number of carbonyl (C=O) groups is 2. The maximum absolute atomic E-state index is 12.2. The van der Waals surface area contributed by atoms with Gasteiger partial charge in [0.05, 0.1) is 5.41 Å². The number of amides is 1. The molecule has 3 fully saturated rings. The third kappa shape index (κ3) is 1.42. The van der Waals surface area contributed by atoms with Gasteiger partial charge in [-0.15, -0.1) is 0 Å². The van der Waals surface area contributed by atoms with E-state index >= 15 is 0 Å². The van der Waals surface area contributed by atoms with E-state index in [1.54, 1.807) is 0 Å². The zero-order valence-electron chi connectivity index (χ0n) is 9.09. The molecular formula is C11H12F3NO2. The van der Waals surface area contributed by atoms with Crippen LogP contribution in [0.5, 0.6) is 0 Å². The van der Waals surface area contributed by atoms with Crippen LogP contribution in [0.25, 0.3) is 0 Å². The quantitative estimate of drug-likeness (QED) is 0.648. The molecule has 0 radical (unpaired) electrons. The highest BCUT2D eigenvalue weighted by Crippen LogP contribution is 2.61. The van der Waals surface area contributed by atoms with E-state index in [1.807, 2.05) is 0 Å². The van der Waals surface area contributed by atoms with E-state index in [1.165, 1.54) is 0 Å². The van der Waals surface area contributed by atoms with Crippen molar-refractivity contribution in [3.63, 3.8) is 0 Å². The molecule has 3 rings (SSSR count). The molecule has 0 aromatic carbocycles. The molecule has 1 heterocycles. The van der Waals surface area contributed by atoms with Gasteiger partial charge in [0.15, 0.2) is 0 Å². The summed E-state index contributed by atoms with van der Waals surface area (Å²) in [7, 11) is 0. The Labute approximate surface area is 96.0 Å². The summed E-state index contributed by atoms with van der Waals surface area (Å²) in [4.78, 5) is 23.6. The second-order valence-electron chi connectivity index (χ2n) is 5.38. The van der Waals surface area contributed by atoms with Gasteiger partial charge in [-0.2, -0.15) is 13.2 Å². The molecule has 1 saturated heterocycles. The number of ketones is 1. The number of alkyl halides is 3. The molecule has 94 valence electrons. The van der Waals surface area contributed by atoms with Crippen molar-refractivity contribution in [3.05, 3.63) is 0 Å². The zero-order chi connectivity index (χ0) is 12.4. The number of hydrogen-bond acceptors (Lipinski definition) is 2. The van der Waals surface area contributed by atoms with Crippen LogP contribution in [0.3, 0.4) is 0 Å². The number of rotatable bonds is 0. The van der Waals surface area contributed by atoms with Crippen LogP contribution in [0, 0.1) is 17.3 Å². The average Bonchev–Trinajstić information content (AvgIpc) is 2.91. The maximum Gasteiger partial charge on any atom is 0.471 e. The molecule has 0 bridgehead atoms. The second-order valence-corrected chi connectivity index (χ2v) is 5.38. The van der Waals surface area contributed by atoms with E-state index in [0.717, 1.165) is 17.7 Å². The molecule has 6 heteroatoms. The van der Waals surface area contributed by atoms with E-state index in [2.05, 4.69) is 0 Å². The van der Waals surface area contributed by atoms with E-state index in [0.29, 0.717) is 12.3 Å². The number of carbonyl (C=O) groups excluding carboxylic acids is 2. The van der Waals surface area contributed by atoms with Crippen molar-refractivity contribution < 1.29 is 22.8 Å². The predicted octanol–water partition coefficient (Wildman–Crippen LogP) is 1.38. The predicted molar refractivity (Wildman–Crippen MR) is 50.9 cm³/mol. The van der Waals surface area contributed by atoms with Crippen LogP contribution in [0.15, 0.2) is 0 Å². The molecule has 2 unspecified atom stereocenters. The lowest BCUT2D eigenvalue weighted by atomic mass is 9.67. The highest BCUT2D eigenvalue weighted by molar-refractivity contribution is 5.92. The smallest absolute Gasteiger partial charge is 0.333 e. The lowest BCUT2D eigenvalue weighted by Crippen LogP contribution is -2.66. The molecule has 0 aromatic rings. The van der Waals surface area contributed by atoms with Gasteiger partial charge in [0.2, 0.25) is 0 Å². The molecule has 3 nitrogen and oxygen atoms in total. The maximum atomic E-state index is 12.2. The minimum atomic E-state index is -4.82. The Morgan fingerprint density at radius 1 is 1.35 bits per heavy atom. The third-order valence-electron chi connectivity index (χ3n) is 4.41. The van der Waals surface area contributed by atoms with Crippen LogP contribution < -0.4 is 0 Å². The van der Waals surface area contributed by atoms with Gasteiger partial charge in [0, 0.05) is 19.5 Å². The van der Waals surface area contributed by atoms with E-state index in [4.69, 9.17) is 0 Å². The number of nitrogens with zero attached hydrogens (tertiary/aromatic N) is 1. The van der Waals surface area contributed by atoms with Gasteiger partial charge in [-0.05, 0) is 24.7 Å². The molecule has 2 aliphatic carbocycles. The molecule has 1 aliphatic heterocycles. The SMILES string of the molecule is O=C(N1CC2(C1)C(=O)CCC1CC12)C(F)(F)F. The summed E-state index contributed by atoms with van der Waals surface area (Å²) >= 11 is 0. The largest absolute Gasteiger partial charge is 0.471 e. The molecule has 3 aliphatic rings. The average molecular weight is 247 g/mol. The number of hydrogen-bond donors (Lipinski definition) is 0. The number of halogens is 3. The van der Waals surface area contributed by atoms with Crippen molar-refractivity contribution in [1.29, 1.82) is 0 Å². The fourth-order valence-electron chi connectivity index (χ4n) is 3.38. The van der Waals surface area contributed by atoms with Crippen molar-refractivity contribution in [2.75, 3.05) is 13.1 Å². The van der Waals surface area contributed by atoms with E-state index in [-0.39, 0.29) is 24.8 Å². The van der Waals surface area contributed by atoms with Gasteiger partial charge in [-0.3, -0.25) is 9.59 Å². The van der Waals surface area contributed by atoms with Crippen LogP contribution in [0.2, 0.25) is 0 Å². The summed E-state index contributed by atoms with van der Waals surface area (Å²) in [6.07, 6.45) is -2.53. The Balaban J connectivity index is 1.71. The van der Waals surface area contributed by atoms with Gasteiger partial charge in [0.1, 0.15) is 5.78 Å². The summed E-state index contributed by atoms with van der Waals surface area (Å²) in [5.41, 5.74) is -0.621. The minimum Gasteiger partial charge on any atom is -0.333 e. The van der Waals surface area contributed by atoms with Gasteiger partial charge >= 0.3 is 12.1 Å². The second kappa shape index (κ2) is 3.03. The summed E-state index contributed by atoms with van der Waals surface area (Å²) in [5.74, 6) is -1.00. The first-order valence-electron chi connectivity index (χ1n) is 5.74. The molecule has 17 heavy (non-hydrogen) atoms. The Morgan fingerprint density at radius 3 is 2.59 bits per heavy atom. The Morgan fingerprint density at radius 2 is 2.00 bits per heavy atom. The molecular weight excluding hydrogens is 235 g/mol. The van der Waals surface area contributed by atoms with Crippen molar-refractivity contribution in [1.82, 2.24) is 4.90 Å². The Bertz CT molecular complexity index is 398. The fourth-order valence-corrected chi connectivity index (χ4v) is 3.38. The third-order valence-corrected chi connectivity index (χ3v) is 4.41. The standard InChI is InChI=1S/C11H12F3NO2/c12-11(13,14)9(17)15-4-10(5-15)7-3-6(7)1-2-8(10)16/h6-7H,1-5H2. The van der Waals surface area contributed by atoms with Crippen molar-refractivity contribution >= 4 is 11.7 Å². The number of likely N-dealkylation sites (tertiary alicyclic amines) is 1.